The smallest absolute Gasteiger partial charge is 0.290 e. The van der Waals surface area contributed by atoms with Gasteiger partial charge in [-0.05, 0) is 37.0 Å². The standard InChI is InChI=1S/C14H17N5O/c15-11-5-1-9(2-6-11)7-8-16-14(20)13-17-12(18-19-13)10-3-4-10/h1-2,5-6,10H,3-4,7-8,15H2,(H,16,20)(H,17,18,19). The van der Waals surface area contributed by atoms with Crippen LogP contribution in [0.2, 0.25) is 0 Å². The van der Waals surface area contributed by atoms with Crippen molar-refractivity contribution in [3.8, 4) is 0 Å². The number of carbonyl (C=O) groups excluding carboxylic acids is 1. The number of hydrogen-bond donors (Lipinski definition) is 3. The number of amides is 1. The van der Waals surface area contributed by atoms with Crippen LogP contribution in [0.3, 0.4) is 0 Å². The summed E-state index contributed by atoms with van der Waals surface area (Å²) in [6, 6.07) is 7.63. The maximum Gasteiger partial charge on any atom is 0.290 e. The van der Waals surface area contributed by atoms with Gasteiger partial charge in [0.05, 0.1) is 0 Å². The molecule has 1 amide bonds. The number of nitrogens with two attached hydrogens (primary N) is 1. The van der Waals surface area contributed by atoms with E-state index >= 15 is 0 Å². The van der Waals surface area contributed by atoms with Crippen molar-refractivity contribution in [2.45, 2.75) is 25.2 Å². The first-order valence-corrected chi connectivity index (χ1v) is 6.77. The van der Waals surface area contributed by atoms with Gasteiger partial charge in [0, 0.05) is 18.2 Å². The lowest BCUT2D eigenvalue weighted by atomic mass is 10.1. The number of nitrogens with one attached hydrogen (secondary N) is 2. The second kappa shape index (κ2) is 5.32. The van der Waals surface area contributed by atoms with Gasteiger partial charge < -0.3 is 11.1 Å². The average Bonchev–Trinajstić information content (AvgIpc) is 3.18. The van der Waals surface area contributed by atoms with E-state index in [1.54, 1.807) is 0 Å². The van der Waals surface area contributed by atoms with Crippen LogP contribution in [-0.4, -0.2) is 27.6 Å². The van der Waals surface area contributed by atoms with Crippen molar-refractivity contribution in [2.24, 2.45) is 0 Å². The Bertz CT molecular complexity index is 600. The molecule has 0 saturated heterocycles. The van der Waals surface area contributed by atoms with Crippen LogP contribution < -0.4 is 11.1 Å². The Morgan fingerprint density at radius 1 is 1.35 bits per heavy atom. The van der Waals surface area contributed by atoms with Crippen LogP contribution in [0.25, 0.3) is 0 Å². The van der Waals surface area contributed by atoms with Gasteiger partial charge >= 0.3 is 0 Å². The highest BCUT2D eigenvalue weighted by Crippen LogP contribution is 2.37. The van der Waals surface area contributed by atoms with Crippen LogP contribution in [-0.2, 0) is 6.42 Å². The lowest BCUT2D eigenvalue weighted by Crippen LogP contribution is -2.26. The zero-order valence-corrected chi connectivity index (χ0v) is 11.1. The summed E-state index contributed by atoms with van der Waals surface area (Å²) >= 11 is 0. The third-order valence-electron chi connectivity index (χ3n) is 3.35. The number of carbonyl (C=O) groups is 1. The third-order valence-corrected chi connectivity index (χ3v) is 3.35. The highest BCUT2D eigenvalue weighted by Gasteiger charge is 2.28. The van der Waals surface area contributed by atoms with Gasteiger partial charge in [-0.15, -0.1) is 5.10 Å². The lowest BCUT2D eigenvalue weighted by molar-refractivity contribution is 0.0944. The Morgan fingerprint density at radius 2 is 2.10 bits per heavy atom. The number of nitrogens with zero attached hydrogens (tertiary/aromatic N) is 2. The number of H-pyrrole nitrogens is 1. The molecule has 1 aliphatic rings. The van der Waals surface area contributed by atoms with Crippen molar-refractivity contribution < 1.29 is 4.79 Å². The summed E-state index contributed by atoms with van der Waals surface area (Å²) in [5.74, 6) is 1.29. The average molecular weight is 271 g/mol. The second-order valence-corrected chi connectivity index (χ2v) is 5.07. The molecule has 0 bridgehead atoms. The number of benzene rings is 1. The van der Waals surface area contributed by atoms with E-state index in [1.807, 2.05) is 24.3 Å². The van der Waals surface area contributed by atoms with Gasteiger partial charge in [-0.1, -0.05) is 12.1 Å². The fourth-order valence-electron chi connectivity index (χ4n) is 2.00. The Labute approximate surface area is 116 Å². The Balaban J connectivity index is 1.49. The molecule has 0 unspecified atom stereocenters. The quantitative estimate of drug-likeness (QED) is 0.713. The van der Waals surface area contributed by atoms with Crippen LogP contribution in [0, 0.1) is 0 Å². The Morgan fingerprint density at radius 3 is 2.80 bits per heavy atom. The molecule has 1 aromatic heterocycles. The Hall–Kier alpha value is -2.37. The van der Waals surface area contributed by atoms with Gasteiger partial charge in [-0.2, -0.15) is 0 Å². The van der Waals surface area contributed by atoms with Gasteiger partial charge in [-0.25, -0.2) is 4.98 Å². The predicted octanol–water partition coefficient (Wildman–Crippen LogP) is 1.24. The highest BCUT2D eigenvalue weighted by atomic mass is 16.2. The van der Waals surface area contributed by atoms with E-state index in [-0.39, 0.29) is 11.7 Å². The van der Waals surface area contributed by atoms with E-state index in [9.17, 15) is 4.79 Å². The molecule has 20 heavy (non-hydrogen) atoms. The summed E-state index contributed by atoms with van der Waals surface area (Å²) in [6.45, 7) is 0.552. The number of hydrogen-bond acceptors (Lipinski definition) is 4. The third kappa shape index (κ3) is 2.96. The molecule has 0 radical (unpaired) electrons. The van der Waals surface area contributed by atoms with Gasteiger partial charge in [0.25, 0.3) is 5.91 Å². The van der Waals surface area contributed by atoms with E-state index < -0.39 is 0 Å². The fraction of sp³-hybridized carbons (Fsp3) is 0.357. The van der Waals surface area contributed by atoms with Crippen molar-refractivity contribution in [3.05, 3.63) is 41.5 Å². The van der Waals surface area contributed by atoms with Crippen molar-refractivity contribution in [1.82, 2.24) is 20.5 Å². The van der Waals surface area contributed by atoms with Crippen LogP contribution in [0.4, 0.5) is 5.69 Å². The maximum atomic E-state index is 11.9. The molecule has 1 saturated carbocycles. The maximum absolute atomic E-state index is 11.9. The van der Waals surface area contributed by atoms with Crippen LogP contribution in [0.15, 0.2) is 24.3 Å². The van der Waals surface area contributed by atoms with Crippen molar-refractivity contribution in [1.29, 1.82) is 0 Å². The second-order valence-electron chi connectivity index (χ2n) is 5.07. The molecule has 1 aromatic carbocycles. The predicted molar refractivity (Wildman–Crippen MR) is 75.2 cm³/mol. The summed E-state index contributed by atoms with van der Waals surface area (Å²) in [5, 5.41) is 9.60. The minimum absolute atomic E-state index is 0.226. The van der Waals surface area contributed by atoms with E-state index in [1.165, 1.54) is 0 Å². The molecular weight excluding hydrogens is 254 g/mol. The zero-order chi connectivity index (χ0) is 13.9. The molecule has 1 heterocycles. The number of aromatic nitrogens is 3. The summed E-state index contributed by atoms with van der Waals surface area (Å²) in [5.41, 5.74) is 7.50. The van der Waals surface area contributed by atoms with E-state index in [0.29, 0.717) is 12.5 Å². The summed E-state index contributed by atoms with van der Waals surface area (Å²) in [4.78, 5) is 16.1. The van der Waals surface area contributed by atoms with Gasteiger partial charge in [-0.3, -0.25) is 9.89 Å². The first-order chi connectivity index (χ1) is 9.72. The van der Waals surface area contributed by atoms with Gasteiger partial charge in [0.1, 0.15) is 5.82 Å². The minimum atomic E-state index is -0.233. The largest absolute Gasteiger partial charge is 0.399 e. The van der Waals surface area contributed by atoms with E-state index in [0.717, 1.165) is 36.3 Å². The van der Waals surface area contributed by atoms with Crippen LogP contribution in [0.1, 0.15) is 40.8 Å². The molecule has 1 aliphatic carbocycles. The molecule has 1 fully saturated rings. The molecule has 3 rings (SSSR count). The molecule has 6 nitrogen and oxygen atoms in total. The first-order valence-electron chi connectivity index (χ1n) is 6.77. The number of anilines is 1. The minimum Gasteiger partial charge on any atom is -0.399 e. The lowest BCUT2D eigenvalue weighted by Gasteiger charge is -2.03. The fourth-order valence-corrected chi connectivity index (χ4v) is 2.00. The molecular formula is C14H17N5O. The highest BCUT2D eigenvalue weighted by molar-refractivity contribution is 5.90. The molecule has 0 spiro atoms. The molecule has 4 N–H and O–H groups in total. The van der Waals surface area contributed by atoms with Gasteiger partial charge in [0.15, 0.2) is 0 Å². The van der Waals surface area contributed by atoms with Gasteiger partial charge in [0.2, 0.25) is 5.82 Å². The topological polar surface area (TPSA) is 96.7 Å². The van der Waals surface area contributed by atoms with Crippen molar-refractivity contribution in [2.75, 3.05) is 12.3 Å². The molecule has 6 heteroatoms. The summed E-state index contributed by atoms with van der Waals surface area (Å²) in [6.07, 6.45) is 3.02. The molecule has 2 aromatic rings. The van der Waals surface area contributed by atoms with Crippen molar-refractivity contribution >= 4 is 11.6 Å². The monoisotopic (exact) mass is 271 g/mol. The van der Waals surface area contributed by atoms with Crippen molar-refractivity contribution in [3.63, 3.8) is 0 Å². The van der Waals surface area contributed by atoms with E-state index in [2.05, 4.69) is 20.5 Å². The number of rotatable bonds is 5. The first kappa shape index (κ1) is 12.7. The zero-order valence-electron chi connectivity index (χ0n) is 11.1. The Kier molecular flexibility index (Phi) is 3.37. The number of nitrogen functional groups attached to an aromatic ring is 1. The van der Waals surface area contributed by atoms with Crippen LogP contribution >= 0.6 is 0 Å². The molecule has 104 valence electrons. The summed E-state index contributed by atoms with van der Waals surface area (Å²) in [7, 11) is 0. The van der Waals surface area contributed by atoms with Crippen LogP contribution in [0.5, 0.6) is 0 Å². The molecule has 0 aliphatic heterocycles. The van der Waals surface area contributed by atoms with E-state index in [4.69, 9.17) is 5.73 Å². The normalized spacial score (nSPS) is 14.2. The SMILES string of the molecule is Nc1ccc(CCNC(=O)c2n[nH]c(C3CC3)n2)cc1. The molecule has 0 atom stereocenters. The number of aromatic amines is 1. The summed E-state index contributed by atoms with van der Waals surface area (Å²) < 4.78 is 0.